The third-order valence-electron chi connectivity index (χ3n) is 4.47. The maximum Gasteiger partial charge on any atom is 0.213 e. The van der Waals surface area contributed by atoms with Crippen molar-refractivity contribution >= 4 is 41.3 Å². The lowest BCUT2D eigenvalue weighted by molar-refractivity contribution is 0.0177. The standard InChI is InChI=1S/C19H27N5O2S.HI/c1-20-19(21-13-15-5-3-7-18(23-15)25-2)22-14-16(17-6-4-12-27-17)24-8-10-26-11-9-24;/h3-7,12,16H,8-11,13-14H2,1-2H3,(H2,20,21,22);1H. The Kier molecular flexibility index (Phi) is 9.96. The highest BCUT2D eigenvalue weighted by Crippen LogP contribution is 2.25. The van der Waals surface area contributed by atoms with Crippen LogP contribution < -0.4 is 15.4 Å². The Hall–Kier alpha value is -1.43. The van der Waals surface area contributed by atoms with Crippen LogP contribution in [0.1, 0.15) is 16.6 Å². The van der Waals surface area contributed by atoms with E-state index in [1.165, 1.54) is 4.88 Å². The highest BCUT2D eigenvalue weighted by molar-refractivity contribution is 14.0. The fourth-order valence-electron chi connectivity index (χ4n) is 3.04. The summed E-state index contributed by atoms with van der Waals surface area (Å²) in [6.07, 6.45) is 0. The van der Waals surface area contributed by atoms with Crippen LogP contribution in [-0.4, -0.2) is 62.8 Å². The van der Waals surface area contributed by atoms with Crippen LogP contribution in [0.4, 0.5) is 0 Å². The van der Waals surface area contributed by atoms with E-state index < -0.39 is 0 Å². The van der Waals surface area contributed by atoms with E-state index >= 15 is 0 Å². The Labute approximate surface area is 187 Å². The monoisotopic (exact) mass is 517 g/mol. The maximum atomic E-state index is 5.51. The van der Waals surface area contributed by atoms with Crippen molar-refractivity contribution in [2.45, 2.75) is 12.6 Å². The summed E-state index contributed by atoms with van der Waals surface area (Å²) >= 11 is 1.79. The number of hydrogen-bond acceptors (Lipinski definition) is 6. The number of hydrogen-bond donors (Lipinski definition) is 2. The number of pyridine rings is 1. The summed E-state index contributed by atoms with van der Waals surface area (Å²) in [5.74, 6) is 1.37. The zero-order valence-corrected chi connectivity index (χ0v) is 19.4. The van der Waals surface area contributed by atoms with E-state index in [2.05, 4.69) is 43.0 Å². The summed E-state index contributed by atoms with van der Waals surface area (Å²) in [4.78, 5) is 12.6. The van der Waals surface area contributed by atoms with Gasteiger partial charge in [0.05, 0.1) is 38.6 Å². The third-order valence-corrected chi connectivity index (χ3v) is 5.45. The number of nitrogens with one attached hydrogen (secondary N) is 2. The highest BCUT2D eigenvalue weighted by Gasteiger charge is 2.23. The first-order valence-corrected chi connectivity index (χ1v) is 9.97. The van der Waals surface area contributed by atoms with Gasteiger partial charge in [0.2, 0.25) is 5.88 Å². The fourth-order valence-corrected chi connectivity index (χ4v) is 3.90. The van der Waals surface area contributed by atoms with Crippen LogP contribution in [0.25, 0.3) is 0 Å². The van der Waals surface area contributed by atoms with Gasteiger partial charge in [-0.25, -0.2) is 4.98 Å². The number of aliphatic imine (C=N–C) groups is 1. The number of thiophene rings is 1. The first-order chi connectivity index (χ1) is 13.3. The minimum absolute atomic E-state index is 0. The molecule has 1 aliphatic heterocycles. The second-order valence-electron chi connectivity index (χ2n) is 6.16. The van der Waals surface area contributed by atoms with Crippen molar-refractivity contribution in [3.63, 3.8) is 0 Å². The normalized spacial score (nSPS) is 16.1. The van der Waals surface area contributed by atoms with Gasteiger partial charge in [0.25, 0.3) is 0 Å². The molecule has 0 aliphatic carbocycles. The second kappa shape index (κ2) is 12.2. The zero-order chi connectivity index (χ0) is 18.9. The van der Waals surface area contributed by atoms with Crippen molar-refractivity contribution in [2.24, 2.45) is 4.99 Å². The molecule has 0 radical (unpaired) electrons. The number of ether oxygens (including phenoxy) is 2. The van der Waals surface area contributed by atoms with E-state index in [0.717, 1.165) is 44.5 Å². The van der Waals surface area contributed by atoms with E-state index in [4.69, 9.17) is 9.47 Å². The molecule has 0 amide bonds. The first-order valence-electron chi connectivity index (χ1n) is 9.10. The summed E-state index contributed by atoms with van der Waals surface area (Å²) < 4.78 is 10.7. The number of morpholine rings is 1. The predicted octanol–water partition coefficient (Wildman–Crippen LogP) is 2.51. The minimum Gasteiger partial charge on any atom is -0.481 e. The average molecular weight is 517 g/mol. The van der Waals surface area contributed by atoms with Gasteiger partial charge in [0.1, 0.15) is 0 Å². The van der Waals surface area contributed by atoms with Crippen molar-refractivity contribution in [1.82, 2.24) is 20.5 Å². The molecule has 1 saturated heterocycles. The molecule has 7 nitrogen and oxygen atoms in total. The molecule has 3 heterocycles. The number of guanidine groups is 1. The van der Waals surface area contributed by atoms with Crippen LogP contribution in [0.3, 0.4) is 0 Å². The molecule has 2 N–H and O–H groups in total. The van der Waals surface area contributed by atoms with E-state index in [0.29, 0.717) is 18.5 Å². The minimum atomic E-state index is 0. The van der Waals surface area contributed by atoms with Gasteiger partial charge in [-0.15, -0.1) is 35.3 Å². The number of rotatable bonds is 7. The topological polar surface area (TPSA) is 71.0 Å². The summed E-state index contributed by atoms with van der Waals surface area (Å²) in [6.45, 7) is 4.84. The molecule has 2 aromatic rings. The number of aromatic nitrogens is 1. The van der Waals surface area contributed by atoms with Crippen LogP contribution >= 0.6 is 35.3 Å². The molecule has 1 atom stereocenters. The van der Waals surface area contributed by atoms with Crippen molar-refractivity contribution in [3.8, 4) is 5.88 Å². The van der Waals surface area contributed by atoms with Gasteiger partial charge in [0, 0.05) is 37.6 Å². The molecule has 0 spiro atoms. The molecule has 28 heavy (non-hydrogen) atoms. The largest absolute Gasteiger partial charge is 0.481 e. The second-order valence-corrected chi connectivity index (χ2v) is 7.14. The highest BCUT2D eigenvalue weighted by atomic mass is 127. The predicted molar refractivity (Wildman–Crippen MR) is 124 cm³/mol. The fraction of sp³-hybridized carbons (Fsp3) is 0.474. The molecule has 0 bridgehead atoms. The number of halogens is 1. The smallest absolute Gasteiger partial charge is 0.213 e. The van der Waals surface area contributed by atoms with E-state index in [9.17, 15) is 0 Å². The molecule has 2 aromatic heterocycles. The third kappa shape index (κ3) is 6.57. The van der Waals surface area contributed by atoms with Gasteiger partial charge < -0.3 is 20.1 Å². The molecule has 3 rings (SSSR count). The average Bonchev–Trinajstić information content (AvgIpc) is 3.26. The summed E-state index contributed by atoms with van der Waals surface area (Å²) in [5.41, 5.74) is 0.903. The number of methoxy groups -OCH3 is 1. The lowest BCUT2D eigenvalue weighted by atomic mass is 10.2. The van der Waals surface area contributed by atoms with Gasteiger partial charge in [-0.3, -0.25) is 9.89 Å². The lowest BCUT2D eigenvalue weighted by Crippen LogP contribution is -2.46. The number of nitrogens with zero attached hydrogens (tertiary/aromatic N) is 3. The molecule has 1 fully saturated rings. The van der Waals surface area contributed by atoms with Gasteiger partial charge in [-0.1, -0.05) is 12.1 Å². The van der Waals surface area contributed by atoms with Crippen molar-refractivity contribution < 1.29 is 9.47 Å². The van der Waals surface area contributed by atoms with Crippen LogP contribution in [0.2, 0.25) is 0 Å². The lowest BCUT2D eigenvalue weighted by Gasteiger charge is -2.34. The van der Waals surface area contributed by atoms with Crippen LogP contribution in [0, 0.1) is 0 Å². The molecular weight excluding hydrogens is 489 g/mol. The summed E-state index contributed by atoms with van der Waals surface area (Å²) in [7, 11) is 3.40. The van der Waals surface area contributed by atoms with Gasteiger partial charge in [0.15, 0.2) is 5.96 Å². The van der Waals surface area contributed by atoms with E-state index in [-0.39, 0.29) is 24.0 Å². The van der Waals surface area contributed by atoms with Crippen LogP contribution in [-0.2, 0) is 11.3 Å². The van der Waals surface area contributed by atoms with Crippen LogP contribution in [0.5, 0.6) is 5.88 Å². The zero-order valence-electron chi connectivity index (χ0n) is 16.3. The quantitative estimate of drug-likeness (QED) is 0.334. The molecule has 1 aliphatic rings. The SMILES string of the molecule is CN=C(NCc1cccc(OC)n1)NCC(c1cccs1)N1CCOCC1.I. The Bertz CT molecular complexity index is 723. The van der Waals surface area contributed by atoms with Crippen molar-refractivity contribution in [3.05, 3.63) is 46.3 Å². The summed E-state index contributed by atoms with van der Waals surface area (Å²) in [6, 6.07) is 10.3. The van der Waals surface area contributed by atoms with Gasteiger partial charge in [-0.2, -0.15) is 0 Å². The molecule has 154 valence electrons. The van der Waals surface area contributed by atoms with Crippen LogP contribution in [0.15, 0.2) is 40.7 Å². The Morgan fingerprint density at radius 2 is 2.11 bits per heavy atom. The van der Waals surface area contributed by atoms with Gasteiger partial charge in [-0.05, 0) is 17.5 Å². The Balaban J connectivity index is 0.00000280. The van der Waals surface area contributed by atoms with Gasteiger partial charge >= 0.3 is 0 Å². The van der Waals surface area contributed by atoms with E-state index in [1.807, 2.05) is 18.2 Å². The Morgan fingerprint density at radius 1 is 1.29 bits per heavy atom. The maximum absolute atomic E-state index is 5.51. The molecule has 1 unspecified atom stereocenters. The van der Waals surface area contributed by atoms with E-state index in [1.54, 1.807) is 25.5 Å². The van der Waals surface area contributed by atoms with Crippen molar-refractivity contribution in [1.29, 1.82) is 0 Å². The molecule has 0 aromatic carbocycles. The Morgan fingerprint density at radius 3 is 2.79 bits per heavy atom. The summed E-state index contributed by atoms with van der Waals surface area (Å²) in [5, 5.41) is 8.91. The molecule has 0 saturated carbocycles. The molecule has 9 heteroatoms. The molecular formula is C19H28IN5O2S. The first kappa shape index (κ1) is 22.9. The van der Waals surface area contributed by atoms with Crippen molar-refractivity contribution in [2.75, 3.05) is 47.0 Å².